The maximum Gasteiger partial charge on any atom is 0.200 e. The molecule has 2 aromatic carbocycles. The first-order chi connectivity index (χ1) is 9.16. The van der Waals surface area contributed by atoms with Crippen LogP contribution in [0.3, 0.4) is 0 Å². The molecule has 0 saturated carbocycles. The zero-order chi connectivity index (χ0) is 13.4. The van der Waals surface area contributed by atoms with E-state index in [1.54, 1.807) is 18.2 Å². The standard InChI is InChI=1S/C16H12O2S/c1-10-15(11-5-3-2-4-6-11)16(17)13-8-7-12(19)9-14(13)18-10/h2-9,19H,1H3. The van der Waals surface area contributed by atoms with Gasteiger partial charge >= 0.3 is 0 Å². The lowest BCUT2D eigenvalue weighted by molar-refractivity contribution is 0.566. The molecule has 0 spiro atoms. The van der Waals surface area contributed by atoms with Gasteiger partial charge in [0, 0.05) is 4.90 Å². The van der Waals surface area contributed by atoms with E-state index in [9.17, 15) is 4.79 Å². The van der Waals surface area contributed by atoms with Gasteiger partial charge in [-0.25, -0.2) is 0 Å². The lowest BCUT2D eigenvalue weighted by Crippen LogP contribution is -2.07. The van der Waals surface area contributed by atoms with Crippen LogP contribution in [0, 0.1) is 6.92 Å². The van der Waals surface area contributed by atoms with Gasteiger partial charge in [-0.05, 0) is 30.7 Å². The van der Waals surface area contributed by atoms with E-state index in [-0.39, 0.29) is 5.43 Å². The Morgan fingerprint density at radius 2 is 1.79 bits per heavy atom. The molecule has 3 rings (SSSR count). The van der Waals surface area contributed by atoms with Crippen LogP contribution in [0.25, 0.3) is 22.1 Å². The first kappa shape index (κ1) is 12.1. The number of aryl methyl sites for hydroxylation is 1. The fourth-order valence-electron chi connectivity index (χ4n) is 2.23. The summed E-state index contributed by atoms with van der Waals surface area (Å²) in [6, 6.07) is 14.9. The van der Waals surface area contributed by atoms with Gasteiger partial charge in [0.05, 0.1) is 10.9 Å². The number of hydrogen-bond acceptors (Lipinski definition) is 3. The van der Waals surface area contributed by atoms with Crippen LogP contribution in [0.2, 0.25) is 0 Å². The predicted molar refractivity (Wildman–Crippen MR) is 79.9 cm³/mol. The van der Waals surface area contributed by atoms with Crippen LogP contribution in [0.1, 0.15) is 5.76 Å². The summed E-state index contributed by atoms with van der Waals surface area (Å²) in [5.74, 6) is 0.627. The van der Waals surface area contributed by atoms with Crippen molar-refractivity contribution in [2.75, 3.05) is 0 Å². The average Bonchev–Trinajstić information content (AvgIpc) is 2.39. The maximum absolute atomic E-state index is 12.6. The van der Waals surface area contributed by atoms with Crippen LogP contribution in [0.4, 0.5) is 0 Å². The van der Waals surface area contributed by atoms with Crippen LogP contribution in [-0.2, 0) is 0 Å². The van der Waals surface area contributed by atoms with Crippen molar-refractivity contribution in [2.24, 2.45) is 0 Å². The van der Waals surface area contributed by atoms with E-state index in [0.717, 1.165) is 10.5 Å². The summed E-state index contributed by atoms with van der Waals surface area (Å²) in [6.07, 6.45) is 0. The van der Waals surface area contributed by atoms with E-state index in [0.29, 0.717) is 22.3 Å². The summed E-state index contributed by atoms with van der Waals surface area (Å²) < 4.78 is 5.76. The summed E-state index contributed by atoms with van der Waals surface area (Å²) in [6.45, 7) is 1.81. The fraction of sp³-hybridized carbons (Fsp3) is 0.0625. The monoisotopic (exact) mass is 268 g/mol. The highest BCUT2D eigenvalue weighted by atomic mass is 32.1. The van der Waals surface area contributed by atoms with Crippen molar-refractivity contribution < 1.29 is 4.42 Å². The summed E-state index contributed by atoms with van der Waals surface area (Å²) in [5, 5.41) is 0.585. The van der Waals surface area contributed by atoms with Gasteiger partial charge in [0.15, 0.2) is 0 Å². The summed E-state index contributed by atoms with van der Waals surface area (Å²) in [4.78, 5) is 13.4. The van der Waals surface area contributed by atoms with E-state index in [4.69, 9.17) is 4.42 Å². The van der Waals surface area contributed by atoms with Crippen molar-refractivity contribution in [1.29, 1.82) is 0 Å². The Morgan fingerprint density at radius 3 is 2.53 bits per heavy atom. The van der Waals surface area contributed by atoms with Crippen molar-refractivity contribution in [3.05, 3.63) is 64.5 Å². The van der Waals surface area contributed by atoms with Gasteiger partial charge < -0.3 is 4.42 Å². The molecule has 1 heterocycles. The molecule has 0 saturated heterocycles. The Labute approximate surface area is 116 Å². The van der Waals surface area contributed by atoms with E-state index in [1.807, 2.05) is 37.3 Å². The molecule has 0 aliphatic heterocycles. The molecule has 2 nitrogen and oxygen atoms in total. The second-order valence-electron chi connectivity index (χ2n) is 4.41. The molecule has 0 radical (unpaired) electrons. The Morgan fingerprint density at radius 1 is 1.05 bits per heavy atom. The van der Waals surface area contributed by atoms with Crippen LogP contribution < -0.4 is 5.43 Å². The third-order valence-corrected chi connectivity index (χ3v) is 3.39. The van der Waals surface area contributed by atoms with Crippen LogP contribution >= 0.6 is 12.6 Å². The zero-order valence-corrected chi connectivity index (χ0v) is 11.3. The minimum absolute atomic E-state index is 0.00159. The van der Waals surface area contributed by atoms with Gasteiger partial charge in [-0.2, -0.15) is 0 Å². The third kappa shape index (κ3) is 2.06. The number of rotatable bonds is 1. The molecule has 3 heteroatoms. The van der Waals surface area contributed by atoms with Crippen molar-refractivity contribution in [2.45, 2.75) is 11.8 Å². The largest absolute Gasteiger partial charge is 0.460 e. The number of benzene rings is 2. The third-order valence-electron chi connectivity index (χ3n) is 3.11. The molecule has 0 N–H and O–H groups in total. The van der Waals surface area contributed by atoms with E-state index < -0.39 is 0 Å². The second-order valence-corrected chi connectivity index (χ2v) is 4.93. The lowest BCUT2D eigenvalue weighted by Gasteiger charge is -2.07. The van der Waals surface area contributed by atoms with E-state index in [2.05, 4.69) is 12.6 Å². The van der Waals surface area contributed by atoms with Crippen molar-refractivity contribution in [3.8, 4) is 11.1 Å². The van der Waals surface area contributed by atoms with Crippen LogP contribution in [0.5, 0.6) is 0 Å². The zero-order valence-electron chi connectivity index (χ0n) is 10.4. The Bertz CT molecular complexity index is 804. The van der Waals surface area contributed by atoms with Crippen molar-refractivity contribution >= 4 is 23.6 Å². The molecule has 0 aliphatic carbocycles. The molecule has 19 heavy (non-hydrogen) atoms. The molecule has 94 valence electrons. The van der Waals surface area contributed by atoms with E-state index >= 15 is 0 Å². The molecule has 0 aliphatic rings. The van der Waals surface area contributed by atoms with Crippen molar-refractivity contribution in [3.63, 3.8) is 0 Å². The normalized spacial score (nSPS) is 10.8. The SMILES string of the molecule is Cc1oc2cc(S)ccc2c(=O)c1-c1ccccc1. The summed E-state index contributed by atoms with van der Waals surface area (Å²) in [5.41, 5.74) is 2.08. The Kier molecular flexibility index (Phi) is 2.91. The van der Waals surface area contributed by atoms with Gasteiger partial charge in [-0.1, -0.05) is 30.3 Å². The molecule has 0 amide bonds. The van der Waals surface area contributed by atoms with Gasteiger partial charge in [0.2, 0.25) is 5.43 Å². The van der Waals surface area contributed by atoms with Gasteiger partial charge in [-0.3, -0.25) is 4.79 Å². The minimum Gasteiger partial charge on any atom is -0.460 e. The van der Waals surface area contributed by atoms with E-state index in [1.165, 1.54) is 0 Å². The molecular formula is C16H12O2S. The highest BCUT2D eigenvalue weighted by Crippen LogP contribution is 2.24. The van der Waals surface area contributed by atoms with Gasteiger partial charge in [0.25, 0.3) is 0 Å². The van der Waals surface area contributed by atoms with Crippen LogP contribution in [0.15, 0.2) is 62.6 Å². The minimum atomic E-state index is -0.00159. The average molecular weight is 268 g/mol. The molecule has 0 fully saturated rings. The number of hydrogen-bond donors (Lipinski definition) is 1. The number of thiol groups is 1. The molecule has 0 unspecified atom stereocenters. The Balaban J connectivity index is 2.39. The summed E-state index contributed by atoms with van der Waals surface area (Å²) in [7, 11) is 0. The summed E-state index contributed by atoms with van der Waals surface area (Å²) >= 11 is 4.26. The van der Waals surface area contributed by atoms with Gasteiger partial charge in [-0.15, -0.1) is 12.6 Å². The lowest BCUT2D eigenvalue weighted by atomic mass is 10.0. The maximum atomic E-state index is 12.6. The fourth-order valence-corrected chi connectivity index (χ4v) is 2.42. The topological polar surface area (TPSA) is 30.2 Å². The first-order valence-electron chi connectivity index (χ1n) is 5.98. The first-order valence-corrected chi connectivity index (χ1v) is 6.43. The predicted octanol–water partition coefficient (Wildman–Crippen LogP) is 4.06. The van der Waals surface area contributed by atoms with Crippen LogP contribution in [-0.4, -0.2) is 0 Å². The molecular weight excluding hydrogens is 256 g/mol. The molecule has 0 atom stereocenters. The molecule has 0 bridgehead atoms. The second kappa shape index (κ2) is 4.59. The van der Waals surface area contributed by atoms with Crippen molar-refractivity contribution in [1.82, 2.24) is 0 Å². The number of fused-ring (bicyclic) bond motifs is 1. The molecule has 3 aromatic rings. The highest BCUT2D eigenvalue weighted by molar-refractivity contribution is 7.80. The highest BCUT2D eigenvalue weighted by Gasteiger charge is 2.12. The Hall–Kier alpha value is -2.00. The van der Waals surface area contributed by atoms with Gasteiger partial charge in [0.1, 0.15) is 11.3 Å². The quantitative estimate of drug-likeness (QED) is 0.675. The molecule has 1 aromatic heterocycles. The smallest absolute Gasteiger partial charge is 0.200 e.